The van der Waals surface area contributed by atoms with Crippen LogP contribution in [-0.4, -0.2) is 51.7 Å². The Hall–Kier alpha value is -3.70. The Morgan fingerprint density at radius 3 is 2.58 bits per heavy atom. The third kappa shape index (κ3) is 3.19. The molecule has 5 rings (SSSR count). The quantitative estimate of drug-likeness (QED) is 0.461. The first-order chi connectivity index (χ1) is 15.6. The molecule has 12 heteroatoms. The maximum absolute atomic E-state index is 13.4. The van der Waals surface area contributed by atoms with Gasteiger partial charge in [-0.15, -0.1) is 0 Å². The monoisotopic (exact) mass is 458 g/mol. The van der Waals surface area contributed by atoms with Crippen LogP contribution in [-0.2, 0) is 33.7 Å². The molecule has 0 spiro atoms. The smallest absolute Gasteiger partial charge is 0.329 e. The van der Waals surface area contributed by atoms with Crippen molar-refractivity contribution >= 4 is 16.8 Å². The Morgan fingerprint density at radius 1 is 1.12 bits per heavy atom. The molecule has 0 radical (unpaired) electrons. The van der Waals surface area contributed by atoms with Gasteiger partial charge in [0, 0.05) is 39.4 Å². The summed E-state index contributed by atoms with van der Waals surface area (Å²) >= 11 is 0. The molecule has 0 bridgehead atoms. The van der Waals surface area contributed by atoms with Gasteiger partial charge in [-0.3, -0.25) is 23.8 Å². The van der Waals surface area contributed by atoms with E-state index in [1.807, 2.05) is 6.92 Å². The number of carbonyl (C=O) groups excluding carboxylic acids is 1. The number of hydrogen-bond acceptors (Lipinski definition) is 5. The third-order valence-corrected chi connectivity index (χ3v) is 6.19. The Kier molecular flexibility index (Phi) is 4.59. The van der Waals surface area contributed by atoms with Crippen LogP contribution in [0.3, 0.4) is 0 Å². The molecule has 9 nitrogen and oxygen atoms in total. The van der Waals surface area contributed by atoms with Crippen LogP contribution >= 0.6 is 0 Å². The highest BCUT2D eigenvalue weighted by atomic mass is 19.4. The summed E-state index contributed by atoms with van der Waals surface area (Å²) in [5, 5.41) is 13.1. The van der Waals surface area contributed by atoms with Crippen molar-refractivity contribution in [1.29, 1.82) is 0 Å². The van der Waals surface area contributed by atoms with Crippen molar-refractivity contribution in [2.75, 3.05) is 6.54 Å². The zero-order chi connectivity index (χ0) is 23.7. The molecule has 4 aromatic rings. The molecule has 0 saturated carbocycles. The van der Waals surface area contributed by atoms with Crippen molar-refractivity contribution in [2.45, 2.75) is 25.6 Å². The van der Waals surface area contributed by atoms with Crippen molar-refractivity contribution in [3.05, 3.63) is 47.2 Å². The fraction of sp³-hybridized carbons (Fsp3) is 0.381. The molecule has 1 atom stereocenters. The highest BCUT2D eigenvalue weighted by Crippen LogP contribution is 2.38. The van der Waals surface area contributed by atoms with Gasteiger partial charge in [0.2, 0.25) is 0 Å². The van der Waals surface area contributed by atoms with Gasteiger partial charge in [0.15, 0.2) is 5.69 Å². The maximum atomic E-state index is 13.4. The molecule has 0 N–H and O–H groups in total. The second kappa shape index (κ2) is 7.15. The molecule has 0 aliphatic carbocycles. The molecule has 1 amide bonds. The van der Waals surface area contributed by atoms with Gasteiger partial charge < -0.3 is 4.90 Å². The second-order valence-corrected chi connectivity index (χ2v) is 8.16. The molecule has 0 fully saturated rings. The first kappa shape index (κ1) is 21.2. The van der Waals surface area contributed by atoms with E-state index in [0.29, 0.717) is 41.1 Å². The second-order valence-electron chi connectivity index (χ2n) is 8.16. The van der Waals surface area contributed by atoms with E-state index in [0.717, 1.165) is 17.1 Å². The summed E-state index contributed by atoms with van der Waals surface area (Å²) in [4.78, 5) is 19.4. The van der Waals surface area contributed by atoms with Crippen LogP contribution in [0.15, 0.2) is 24.5 Å². The van der Waals surface area contributed by atoms with Crippen molar-refractivity contribution in [2.24, 2.45) is 21.1 Å². The molecule has 33 heavy (non-hydrogen) atoms. The minimum atomic E-state index is -4.54. The number of fused-ring (bicyclic) bond motifs is 2. The lowest BCUT2D eigenvalue weighted by atomic mass is 9.96. The van der Waals surface area contributed by atoms with Crippen LogP contribution in [0.25, 0.3) is 22.3 Å². The number of nitrogens with zero attached hydrogens (tertiary/aromatic N) is 8. The van der Waals surface area contributed by atoms with Crippen molar-refractivity contribution in [3.63, 3.8) is 0 Å². The average Bonchev–Trinajstić information content (AvgIpc) is 3.42. The Morgan fingerprint density at radius 2 is 1.88 bits per heavy atom. The molecular weight excluding hydrogens is 437 g/mol. The van der Waals surface area contributed by atoms with Crippen molar-refractivity contribution in [3.8, 4) is 11.4 Å². The lowest BCUT2D eigenvalue weighted by molar-refractivity contribution is -0.141. The number of aryl methyl sites for hydroxylation is 3. The number of carbonyl (C=O) groups is 1. The largest absolute Gasteiger partial charge is 0.435 e. The Bertz CT molecular complexity index is 1400. The van der Waals surface area contributed by atoms with E-state index in [1.165, 1.54) is 11.7 Å². The minimum Gasteiger partial charge on any atom is -0.329 e. The van der Waals surface area contributed by atoms with Crippen LogP contribution in [0.2, 0.25) is 0 Å². The van der Waals surface area contributed by atoms with Gasteiger partial charge in [-0.1, -0.05) is 0 Å². The predicted molar refractivity (Wildman–Crippen MR) is 112 cm³/mol. The van der Waals surface area contributed by atoms with E-state index in [9.17, 15) is 18.0 Å². The molecule has 4 aromatic heterocycles. The predicted octanol–water partition coefficient (Wildman–Crippen LogP) is 2.88. The molecular formula is C21H21F3N8O. The van der Waals surface area contributed by atoms with E-state index >= 15 is 0 Å². The first-order valence-electron chi connectivity index (χ1n) is 10.3. The summed E-state index contributed by atoms with van der Waals surface area (Å²) in [6.45, 7) is 2.24. The van der Waals surface area contributed by atoms with Gasteiger partial charge in [-0.2, -0.15) is 28.5 Å². The van der Waals surface area contributed by atoms with E-state index in [2.05, 4.69) is 20.3 Å². The van der Waals surface area contributed by atoms with Crippen LogP contribution in [0.1, 0.15) is 40.4 Å². The molecule has 5 heterocycles. The SMILES string of the molecule is C[C@H]1c2nn(C)c(-c3cc(C(F)(F)F)nn3C)c2CCN1C(=O)c1nccc2c1cnn2C. The van der Waals surface area contributed by atoms with E-state index in [1.54, 1.807) is 46.8 Å². The molecule has 1 aliphatic heterocycles. The summed E-state index contributed by atoms with van der Waals surface area (Å²) in [6, 6.07) is 2.45. The number of rotatable bonds is 2. The topological polar surface area (TPSA) is 86.7 Å². The standard InChI is InChI=1S/C21H21F3N8O/c1-11-17-12(19(31(4)28-17)15-9-16(21(22,23)24)27-30(15)3)6-8-32(11)20(33)18-13-10-26-29(2)14(13)5-7-25-18/h5,7,9-11H,6,8H2,1-4H3/t11-/m0/s1. The van der Waals surface area contributed by atoms with Gasteiger partial charge in [-0.05, 0) is 25.5 Å². The van der Waals surface area contributed by atoms with E-state index in [4.69, 9.17) is 0 Å². The van der Waals surface area contributed by atoms with Crippen molar-refractivity contribution < 1.29 is 18.0 Å². The number of aromatic nitrogens is 7. The average molecular weight is 458 g/mol. The normalized spacial score (nSPS) is 16.5. The first-order valence-corrected chi connectivity index (χ1v) is 10.3. The zero-order valence-corrected chi connectivity index (χ0v) is 18.4. The van der Waals surface area contributed by atoms with Gasteiger partial charge >= 0.3 is 6.18 Å². The highest BCUT2D eigenvalue weighted by molar-refractivity contribution is 6.04. The summed E-state index contributed by atoms with van der Waals surface area (Å²) in [7, 11) is 4.96. The van der Waals surface area contributed by atoms with Crippen LogP contribution < -0.4 is 0 Å². The third-order valence-electron chi connectivity index (χ3n) is 6.19. The summed E-state index contributed by atoms with van der Waals surface area (Å²) in [5.74, 6) is -0.237. The van der Waals surface area contributed by atoms with Crippen molar-refractivity contribution in [1.82, 2.24) is 39.2 Å². The van der Waals surface area contributed by atoms with Gasteiger partial charge in [0.1, 0.15) is 5.69 Å². The fourth-order valence-electron chi connectivity index (χ4n) is 4.55. The number of halogens is 3. The maximum Gasteiger partial charge on any atom is 0.435 e. The van der Waals surface area contributed by atoms with Gasteiger partial charge in [-0.25, -0.2) is 0 Å². The van der Waals surface area contributed by atoms with Crippen LogP contribution in [0.4, 0.5) is 13.2 Å². The fourth-order valence-corrected chi connectivity index (χ4v) is 4.55. The van der Waals surface area contributed by atoms with Crippen LogP contribution in [0.5, 0.6) is 0 Å². The van der Waals surface area contributed by atoms with Gasteiger partial charge in [0.25, 0.3) is 5.91 Å². The van der Waals surface area contributed by atoms with Crippen LogP contribution in [0, 0.1) is 0 Å². The molecule has 0 aromatic carbocycles. The molecule has 0 unspecified atom stereocenters. The molecule has 0 saturated heterocycles. The minimum absolute atomic E-state index is 0.237. The lowest BCUT2D eigenvalue weighted by Gasteiger charge is -2.32. The number of hydrogen-bond donors (Lipinski definition) is 0. The zero-order valence-electron chi connectivity index (χ0n) is 18.4. The number of amides is 1. The molecule has 1 aliphatic rings. The van der Waals surface area contributed by atoms with E-state index < -0.39 is 11.9 Å². The number of alkyl halides is 3. The highest BCUT2D eigenvalue weighted by Gasteiger charge is 2.38. The van der Waals surface area contributed by atoms with Gasteiger partial charge in [0.05, 0.1) is 40.2 Å². The molecule has 172 valence electrons. The summed E-state index contributed by atoms with van der Waals surface area (Å²) in [6.07, 6.45) is -0.887. The Labute approximate surface area is 186 Å². The summed E-state index contributed by atoms with van der Waals surface area (Å²) in [5.41, 5.74) is 2.53. The van der Waals surface area contributed by atoms with E-state index in [-0.39, 0.29) is 11.9 Å². The number of pyridine rings is 1. The Balaban J connectivity index is 1.53. The lowest BCUT2D eigenvalue weighted by Crippen LogP contribution is -2.39. The summed E-state index contributed by atoms with van der Waals surface area (Å²) < 4.78 is 44.0.